The van der Waals surface area contributed by atoms with Gasteiger partial charge in [-0.2, -0.15) is 0 Å². The molecule has 1 N–H and O–H groups in total. The molecular formula is C17H23ClN2O3S. The van der Waals surface area contributed by atoms with Gasteiger partial charge in [0.05, 0.1) is 19.9 Å². The van der Waals surface area contributed by atoms with Gasteiger partial charge in [0.1, 0.15) is 0 Å². The van der Waals surface area contributed by atoms with Gasteiger partial charge in [-0.3, -0.25) is 0 Å². The lowest BCUT2D eigenvalue weighted by Gasteiger charge is -2.36. The van der Waals surface area contributed by atoms with Crippen molar-refractivity contribution in [3.63, 3.8) is 0 Å². The Kier molecular flexibility index (Phi) is 6.32. The van der Waals surface area contributed by atoms with Crippen LogP contribution in [0, 0.1) is 0 Å². The van der Waals surface area contributed by atoms with Gasteiger partial charge in [-0.25, -0.2) is 4.98 Å². The van der Waals surface area contributed by atoms with Crippen LogP contribution in [0.4, 0.5) is 5.13 Å². The summed E-state index contributed by atoms with van der Waals surface area (Å²) in [6, 6.07) is 6.16. The van der Waals surface area contributed by atoms with Crippen molar-refractivity contribution < 1.29 is 14.2 Å². The van der Waals surface area contributed by atoms with E-state index in [1.165, 1.54) is 5.56 Å². The molecule has 2 heterocycles. The van der Waals surface area contributed by atoms with E-state index in [9.17, 15) is 0 Å². The maximum absolute atomic E-state index is 5.61. The molecular weight excluding hydrogens is 348 g/mol. The maximum Gasteiger partial charge on any atom is 0.182 e. The van der Waals surface area contributed by atoms with E-state index in [-0.39, 0.29) is 17.8 Å². The number of anilines is 1. The zero-order valence-electron chi connectivity index (χ0n) is 14.1. The second-order valence-corrected chi connectivity index (χ2v) is 6.41. The van der Waals surface area contributed by atoms with E-state index in [0.717, 1.165) is 48.4 Å². The van der Waals surface area contributed by atoms with Crippen LogP contribution in [0.1, 0.15) is 24.1 Å². The number of methoxy groups -OCH3 is 2. The molecule has 0 radical (unpaired) electrons. The Bertz CT molecular complexity index is 672. The predicted octanol–water partition coefficient (Wildman–Crippen LogP) is 3.72. The summed E-state index contributed by atoms with van der Waals surface area (Å²) >= 11 is 1.64. The van der Waals surface area contributed by atoms with Gasteiger partial charge in [0.2, 0.25) is 0 Å². The zero-order valence-corrected chi connectivity index (χ0v) is 15.8. The fraction of sp³-hybridized carbons (Fsp3) is 0.471. The van der Waals surface area contributed by atoms with Gasteiger partial charge in [0, 0.05) is 31.1 Å². The maximum atomic E-state index is 5.61. The quantitative estimate of drug-likeness (QED) is 0.869. The Hall–Kier alpha value is -1.50. The number of hydrogen-bond acceptors (Lipinski definition) is 6. The third-order valence-electron chi connectivity index (χ3n) is 4.49. The van der Waals surface area contributed by atoms with E-state index >= 15 is 0 Å². The summed E-state index contributed by atoms with van der Waals surface area (Å²) in [7, 11) is 5.22. The van der Waals surface area contributed by atoms with Crippen molar-refractivity contribution in [2.45, 2.75) is 18.3 Å². The number of rotatable bonds is 5. The number of thiazole rings is 1. The molecule has 2 aromatic rings. The molecule has 24 heavy (non-hydrogen) atoms. The molecule has 1 aromatic carbocycles. The second kappa shape index (κ2) is 8.05. The third-order valence-corrected chi connectivity index (χ3v) is 5.35. The summed E-state index contributed by atoms with van der Waals surface area (Å²) in [4.78, 5) is 4.78. The highest BCUT2D eigenvalue weighted by atomic mass is 35.5. The van der Waals surface area contributed by atoms with Crippen LogP contribution < -0.4 is 14.8 Å². The fourth-order valence-corrected chi connectivity index (χ4v) is 3.93. The van der Waals surface area contributed by atoms with Crippen LogP contribution in [0.15, 0.2) is 23.6 Å². The van der Waals surface area contributed by atoms with Gasteiger partial charge in [-0.15, -0.1) is 23.7 Å². The third kappa shape index (κ3) is 3.31. The largest absolute Gasteiger partial charge is 0.493 e. The highest BCUT2D eigenvalue weighted by Crippen LogP contribution is 2.44. The Morgan fingerprint density at radius 3 is 2.46 bits per heavy atom. The minimum Gasteiger partial charge on any atom is -0.493 e. The van der Waals surface area contributed by atoms with E-state index in [1.807, 2.05) is 13.1 Å². The van der Waals surface area contributed by atoms with E-state index in [1.54, 1.807) is 25.6 Å². The highest BCUT2D eigenvalue weighted by Gasteiger charge is 2.39. The molecule has 1 aliphatic rings. The number of nitrogens with one attached hydrogen (secondary N) is 1. The fourth-order valence-electron chi connectivity index (χ4n) is 3.15. The molecule has 0 unspecified atom stereocenters. The van der Waals surface area contributed by atoms with Gasteiger partial charge in [0.25, 0.3) is 0 Å². The Labute approximate surface area is 152 Å². The second-order valence-electron chi connectivity index (χ2n) is 5.55. The smallest absolute Gasteiger partial charge is 0.182 e. The average molecular weight is 371 g/mol. The molecule has 1 aromatic heterocycles. The number of benzene rings is 1. The number of nitrogens with zero attached hydrogens (tertiary/aromatic N) is 1. The molecule has 132 valence electrons. The van der Waals surface area contributed by atoms with Gasteiger partial charge in [-0.1, -0.05) is 6.07 Å². The van der Waals surface area contributed by atoms with Crippen molar-refractivity contribution in [1.82, 2.24) is 4.98 Å². The average Bonchev–Trinajstić information content (AvgIpc) is 3.11. The highest BCUT2D eigenvalue weighted by molar-refractivity contribution is 7.13. The molecule has 5 nitrogen and oxygen atoms in total. The van der Waals surface area contributed by atoms with Gasteiger partial charge in [-0.05, 0) is 30.5 Å². The van der Waals surface area contributed by atoms with Crippen molar-refractivity contribution in [2.75, 3.05) is 39.8 Å². The lowest BCUT2D eigenvalue weighted by Crippen LogP contribution is -2.35. The van der Waals surface area contributed by atoms with E-state index in [0.29, 0.717) is 0 Å². The summed E-state index contributed by atoms with van der Waals surface area (Å²) in [5.74, 6) is 1.49. The van der Waals surface area contributed by atoms with Gasteiger partial charge < -0.3 is 19.5 Å². The first kappa shape index (κ1) is 18.8. The predicted molar refractivity (Wildman–Crippen MR) is 99.3 cm³/mol. The molecule has 0 saturated carbocycles. The van der Waals surface area contributed by atoms with Crippen molar-refractivity contribution in [2.24, 2.45) is 0 Å². The first-order valence-electron chi connectivity index (χ1n) is 7.67. The number of hydrogen-bond donors (Lipinski definition) is 1. The van der Waals surface area contributed by atoms with Crippen molar-refractivity contribution in [1.29, 1.82) is 0 Å². The number of aromatic nitrogens is 1. The van der Waals surface area contributed by atoms with E-state index in [4.69, 9.17) is 19.2 Å². The minimum absolute atomic E-state index is 0. The summed E-state index contributed by atoms with van der Waals surface area (Å²) in [5.41, 5.74) is 2.16. The van der Waals surface area contributed by atoms with Crippen molar-refractivity contribution in [3.05, 3.63) is 34.8 Å². The number of halogens is 1. The van der Waals surface area contributed by atoms with Crippen LogP contribution >= 0.6 is 23.7 Å². The van der Waals surface area contributed by atoms with E-state index in [2.05, 4.69) is 22.8 Å². The normalized spacial score (nSPS) is 16.1. The van der Waals surface area contributed by atoms with Crippen molar-refractivity contribution in [3.8, 4) is 11.5 Å². The van der Waals surface area contributed by atoms with E-state index < -0.39 is 0 Å². The SMILES string of the molecule is CNc1nc(C2(c3ccc(OC)c(OC)c3)CCOCC2)cs1.Cl. The zero-order chi connectivity index (χ0) is 16.3. The number of ether oxygens (including phenoxy) is 3. The Morgan fingerprint density at radius 2 is 1.88 bits per heavy atom. The van der Waals surface area contributed by atoms with Crippen LogP contribution in [0.3, 0.4) is 0 Å². The van der Waals surface area contributed by atoms with Gasteiger partial charge in [0.15, 0.2) is 16.6 Å². The summed E-state index contributed by atoms with van der Waals surface area (Å²) < 4.78 is 16.5. The Balaban J connectivity index is 0.00000208. The first-order valence-corrected chi connectivity index (χ1v) is 8.55. The van der Waals surface area contributed by atoms with Crippen LogP contribution in [0.2, 0.25) is 0 Å². The Morgan fingerprint density at radius 1 is 1.17 bits per heavy atom. The molecule has 1 aliphatic heterocycles. The summed E-state index contributed by atoms with van der Waals surface area (Å²) in [6.45, 7) is 1.47. The molecule has 7 heteroatoms. The summed E-state index contributed by atoms with van der Waals surface area (Å²) in [6.07, 6.45) is 1.82. The van der Waals surface area contributed by atoms with Crippen LogP contribution in [0.25, 0.3) is 0 Å². The standard InChI is InChI=1S/C17H22N2O3S.ClH/c1-18-16-19-15(11-23-16)17(6-8-22-9-7-17)12-4-5-13(20-2)14(10-12)21-3;/h4-5,10-11H,6-9H2,1-3H3,(H,18,19);1H. The van der Waals surface area contributed by atoms with Crippen LogP contribution in [0.5, 0.6) is 11.5 Å². The first-order chi connectivity index (χ1) is 11.2. The molecule has 3 rings (SSSR count). The topological polar surface area (TPSA) is 52.6 Å². The molecule has 0 atom stereocenters. The molecule has 0 spiro atoms. The van der Waals surface area contributed by atoms with Crippen molar-refractivity contribution >= 4 is 28.9 Å². The lowest BCUT2D eigenvalue weighted by atomic mass is 9.72. The molecule has 0 bridgehead atoms. The monoisotopic (exact) mass is 370 g/mol. The van der Waals surface area contributed by atoms with Crippen LogP contribution in [-0.4, -0.2) is 39.5 Å². The lowest BCUT2D eigenvalue weighted by molar-refractivity contribution is 0.0620. The molecule has 1 saturated heterocycles. The molecule has 0 aliphatic carbocycles. The van der Waals surface area contributed by atoms with Gasteiger partial charge >= 0.3 is 0 Å². The summed E-state index contributed by atoms with van der Waals surface area (Å²) in [5, 5.41) is 6.21. The molecule has 1 fully saturated rings. The minimum atomic E-state index is -0.136. The van der Waals surface area contributed by atoms with Crippen LogP contribution in [-0.2, 0) is 10.2 Å². The molecule has 0 amide bonds.